The Morgan fingerprint density at radius 1 is 0.960 bits per heavy atom. The van der Waals surface area contributed by atoms with E-state index >= 15 is 0 Å². The van der Waals surface area contributed by atoms with Crippen LogP contribution in [0.5, 0.6) is 0 Å². The number of nitrogens with two attached hydrogens (primary N) is 1. The molecule has 0 heterocycles. The molecule has 5 heteroatoms. The lowest BCUT2D eigenvalue weighted by atomic mass is 9.92. The zero-order valence-corrected chi connectivity index (χ0v) is 18.4. The summed E-state index contributed by atoms with van der Waals surface area (Å²) in [5.41, 5.74) is 12.1. The number of carbonyl (C=O) groups is 2. The van der Waals surface area contributed by atoms with Crippen molar-refractivity contribution in [2.24, 2.45) is 0 Å². The first-order valence-electron chi connectivity index (χ1n) is 7.89. The molecule has 4 rings (SSSR count). The van der Waals surface area contributed by atoms with E-state index in [0.717, 1.165) is 56.2 Å². The molecule has 0 fully saturated rings. The predicted molar refractivity (Wildman–Crippen MR) is 119 cm³/mol. The van der Waals surface area contributed by atoms with Crippen molar-refractivity contribution in [1.82, 2.24) is 0 Å². The molecule has 0 aliphatic heterocycles. The Morgan fingerprint density at radius 2 is 1.60 bits per heavy atom. The van der Waals surface area contributed by atoms with Gasteiger partial charge in [0.15, 0.2) is 11.6 Å². The number of allylic oxidation sites excluding steroid dienone is 1. The highest BCUT2D eigenvalue weighted by Crippen LogP contribution is 2.39. The van der Waals surface area contributed by atoms with Crippen molar-refractivity contribution in [3.05, 3.63) is 40.8 Å². The van der Waals surface area contributed by atoms with Crippen LogP contribution < -0.4 is 16.2 Å². The molecule has 0 aromatic heterocycles. The Kier molecular flexibility index (Phi) is 3.71. The fourth-order valence-electron chi connectivity index (χ4n) is 4.12. The number of Topliss-reactive ketones (excluding diaryl/α,β-unsaturated/α-hetero) is 2. The number of fused-ring (bicyclic) bond motifs is 5. The highest BCUT2D eigenvalue weighted by Gasteiger charge is 2.32. The summed E-state index contributed by atoms with van der Waals surface area (Å²) in [7, 11) is 0. The number of rotatable bonds is 0. The van der Waals surface area contributed by atoms with Crippen molar-refractivity contribution in [3.8, 4) is 0 Å². The fourth-order valence-corrected chi connectivity index (χ4v) is 5.99. The average molecular weight is 555 g/mol. The molecule has 0 atom stereocenters. The van der Waals surface area contributed by atoms with E-state index in [1.165, 1.54) is 0 Å². The second-order valence-corrected chi connectivity index (χ2v) is 8.84. The third kappa shape index (κ3) is 1.96. The first kappa shape index (κ1) is 17.2. The van der Waals surface area contributed by atoms with Crippen LogP contribution in [0.2, 0.25) is 0 Å². The number of hydrogen-bond acceptors (Lipinski definition) is 3. The summed E-state index contributed by atoms with van der Waals surface area (Å²) < 4.78 is 1.96. The minimum absolute atomic E-state index is 0.0184. The molecule has 0 spiro atoms. The molecular weight excluding hydrogens is 540 g/mol. The molecule has 0 saturated carbocycles. The Labute approximate surface area is 172 Å². The maximum absolute atomic E-state index is 12.6. The first-order chi connectivity index (χ1) is 11.7. The Hall–Kier alpha value is -1.22. The molecule has 126 valence electrons. The second-order valence-electron chi connectivity index (χ2n) is 6.68. The minimum atomic E-state index is -0.0184. The molecule has 0 unspecified atom stereocenters. The van der Waals surface area contributed by atoms with Crippen LogP contribution in [0.3, 0.4) is 0 Å². The predicted octanol–water partition coefficient (Wildman–Crippen LogP) is 3.00. The maximum Gasteiger partial charge on any atom is 0.189 e. The number of anilines is 1. The lowest BCUT2D eigenvalue weighted by Crippen LogP contribution is -2.20. The molecule has 2 aliphatic carbocycles. The molecule has 2 aliphatic rings. The van der Waals surface area contributed by atoms with Gasteiger partial charge < -0.3 is 5.73 Å². The van der Waals surface area contributed by atoms with Gasteiger partial charge in [0.2, 0.25) is 0 Å². The van der Waals surface area contributed by atoms with Crippen molar-refractivity contribution < 1.29 is 9.59 Å². The van der Waals surface area contributed by atoms with E-state index in [9.17, 15) is 9.59 Å². The normalized spacial score (nSPS) is 16.3. The van der Waals surface area contributed by atoms with Gasteiger partial charge in [0, 0.05) is 51.8 Å². The number of hydrogen-bond donors (Lipinski definition) is 1. The van der Waals surface area contributed by atoms with Crippen LogP contribution >= 0.6 is 45.2 Å². The van der Waals surface area contributed by atoms with E-state index in [2.05, 4.69) is 51.8 Å². The zero-order valence-electron chi connectivity index (χ0n) is 14.1. The summed E-state index contributed by atoms with van der Waals surface area (Å²) in [5, 5.41) is 3.83. The molecular formula is C20H15I2NO2. The number of benzene rings is 2. The van der Waals surface area contributed by atoms with Gasteiger partial charge in [0.1, 0.15) is 0 Å². The van der Waals surface area contributed by atoms with Gasteiger partial charge in [-0.25, -0.2) is 0 Å². The monoisotopic (exact) mass is 555 g/mol. The topological polar surface area (TPSA) is 60.2 Å². The Balaban J connectivity index is 2.42. The van der Waals surface area contributed by atoms with Gasteiger partial charge in [-0.05, 0) is 82.3 Å². The van der Waals surface area contributed by atoms with Gasteiger partial charge >= 0.3 is 0 Å². The summed E-state index contributed by atoms with van der Waals surface area (Å²) in [6, 6.07) is 0. The van der Waals surface area contributed by atoms with E-state index in [4.69, 9.17) is 5.73 Å². The van der Waals surface area contributed by atoms with Gasteiger partial charge in [-0.2, -0.15) is 0 Å². The van der Waals surface area contributed by atoms with Crippen molar-refractivity contribution in [3.63, 3.8) is 0 Å². The summed E-state index contributed by atoms with van der Waals surface area (Å²) in [6.07, 6.45) is 0.394. The molecule has 25 heavy (non-hydrogen) atoms. The van der Waals surface area contributed by atoms with E-state index < -0.39 is 0 Å². The van der Waals surface area contributed by atoms with Crippen LogP contribution in [0, 0.1) is 14.1 Å². The van der Waals surface area contributed by atoms with Crippen molar-refractivity contribution in [2.75, 3.05) is 5.73 Å². The van der Waals surface area contributed by atoms with Gasteiger partial charge in [0.05, 0.1) is 5.69 Å². The molecule has 2 N–H and O–H groups in total. The van der Waals surface area contributed by atoms with Crippen LogP contribution in [0.1, 0.15) is 30.5 Å². The van der Waals surface area contributed by atoms with Crippen LogP contribution in [0.25, 0.3) is 27.5 Å². The van der Waals surface area contributed by atoms with Gasteiger partial charge in [0.25, 0.3) is 0 Å². The van der Waals surface area contributed by atoms with Crippen molar-refractivity contribution >= 4 is 89.9 Å². The van der Waals surface area contributed by atoms with E-state index in [0.29, 0.717) is 17.7 Å². The largest absolute Gasteiger partial charge is 0.397 e. The van der Waals surface area contributed by atoms with E-state index in [1.807, 2.05) is 20.8 Å². The number of ketones is 2. The molecule has 0 amide bonds. The fraction of sp³-hybridized carbons (Fsp3) is 0.200. The minimum Gasteiger partial charge on any atom is -0.397 e. The lowest BCUT2D eigenvalue weighted by molar-refractivity contribution is -0.113. The summed E-state index contributed by atoms with van der Waals surface area (Å²) in [5.74, 6) is 0.126. The third-order valence-corrected chi connectivity index (χ3v) is 7.89. The number of carbonyl (C=O) groups excluding carboxylic acids is 2. The van der Waals surface area contributed by atoms with Gasteiger partial charge in [-0.3, -0.25) is 9.59 Å². The molecule has 3 nitrogen and oxygen atoms in total. The lowest BCUT2D eigenvalue weighted by Gasteiger charge is -2.17. The van der Waals surface area contributed by atoms with Gasteiger partial charge in [-0.1, -0.05) is 6.58 Å². The van der Waals surface area contributed by atoms with Crippen LogP contribution in [-0.4, -0.2) is 11.6 Å². The summed E-state index contributed by atoms with van der Waals surface area (Å²) in [4.78, 5) is 24.9. The average Bonchev–Trinajstić information content (AvgIpc) is 2.98. The van der Waals surface area contributed by atoms with Crippen LogP contribution in [-0.2, 0) is 16.0 Å². The summed E-state index contributed by atoms with van der Waals surface area (Å²) in [6.45, 7) is 9.79. The zero-order chi connectivity index (χ0) is 18.4. The molecule has 2 aromatic carbocycles. The standard InChI is InChI=1S/C20H15I2NO2/c1-6-11(24)5-10-13(6)18(22)19(23)16-14-9(4)20(25)8(3)12(14)7(2)17(21)15(10)16/h4-5,23H2,1-3H3. The first-order valence-corrected chi connectivity index (χ1v) is 10.0. The SMILES string of the molecule is C=C1C(=O)C(C)=c2c(C)c(I)c3c4c(c(I)c(N)c3c21)=C(C)C(=O)C4. The van der Waals surface area contributed by atoms with E-state index in [-0.39, 0.29) is 11.6 Å². The van der Waals surface area contributed by atoms with Crippen LogP contribution in [0.4, 0.5) is 5.69 Å². The van der Waals surface area contributed by atoms with Crippen molar-refractivity contribution in [2.45, 2.75) is 27.2 Å². The Bertz CT molecular complexity index is 1220. The number of halogens is 2. The summed E-state index contributed by atoms with van der Waals surface area (Å²) >= 11 is 4.55. The highest BCUT2D eigenvalue weighted by molar-refractivity contribution is 14.1. The van der Waals surface area contributed by atoms with E-state index in [1.54, 1.807) is 0 Å². The smallest absolute Gasteiger partial charge is 0.189 e. The Morgan fingerprint density at radius 3 is 2.24 bits per heavy atom. The van der Waals surface area contributed by atoms with Crippen molar-refractivity contribution in [1.29, 1.82) is 0 Å². The molecule has 0 saturated heterocycles. The molecule has 0 bridgehead atoms. The quantitative estimate of drug-likeness (QED) is 0.309. The maximum atomic E-state index is 12.6. The third-order valence-electron chi connectivity index (χ3n) is 5.42. The highest BCUT2D eigenvalue weighted by atomic mass is 127. The second kappa shape index (κ2) is 5.39. The molecule has 2 aromatic rings. The number of nitrogen functional groups attached to an aromatic ring is 1. The molecule has 0 radical (unpaired) electrons. The van der Waals surface area contributed by atoms with Crippen LogP contribution in [0.15, 0.2) is 6.58 Å². The van der Waals surface area contributed by atoms with Gasteiger partial charge in [-0.15, -0.1) is 0 Å².